The van der Waals surface area contributed by atoms with Crippen molar-refractivity contribution < 1.29 is 19.4 Å². The van der Waals surface area contributed by atoms with Crippen LogP contribution in [0.1, 0.15) is 12.0 Å². The quantitative estimate of drug-likeness (QED) is 0.775. The van der Waals surface area contributed by atoms with Crippen molar-refractivity contribution >= 4 is 5.97 Å². The molecule has 0 bridgehead atoms. The first-order chi connectivity index (χ1) is 8.06. The lowest BCUT2D eigenvalue weighted by atomic mass is 10.0. The fourth-order valence-corrected chi connectivity index (χ4v) is 1.61. The lowest BCUT2D eigenvalue weighted by Crippen LogP contribution is -2.26. The zero-order chi connectivity index (χ0) is 12.8. The van der Waals surface area contributed by atoms with Crippen molar-refractivity contribution in [2.24, 2.45) is 5.73 Å². The van der Waals surface area contributed by atoms with Gasteiger partial charge in [0.15, 0.2) is 11.5 Å². The van der Waals surface area contributed by atoms with Crippen molar-refractivity contribution in [3.8, 4) is 11.5 Å². The highest BCUT2D eigenvalue weighted by atomic mass is 16.5. The smallest absolute Gasteiger partial charge is 0.304 e. The molecule has 1 unspecified atom stereocenters. The van der Waals surface area contributed by atoms with Crippen LogP contribution < -0.4 is 15.2 Å². The molecule has 1 aromatic rings. The number of nitrogens with two attached hydrogens (primary N) is 1. The maximum Gasteiger partial charge on any atom is 0.304 e. The SMILES string of the molecule is COc1ccc(CC(N)CC(=O)O)cc1OC. The highest BCUT2D eigenvalue weighted by Crippen LogP contribution is 2.27. The minimum absolute atomic E-state index is 0.0473. The van der Waals surface area contributed by atoms with E-state index in [1.807, 2.05) is 6.07 Å². The van der Waals surface area contributed by atoms with Gasteiger partial charge in [0.2, 0.25) is 0 Å². The highest BCUT2D eigenvalue weighted by molar-refractivity contribution is 5.67. The van der Waals surface area contributed by atoms with Crippen molar-refractivity contribution in [1.82, 2.24) is 0 Å². The summed E-state index contributed by atoms with van der Waals surface area (Å²) in [5.41, 5.74) is 6.64. The molecule has 3 N–H and O–H groups in total. The monoisotopic (exact) mass is 239 g/mol. The van der Waals surface area contributed by atoms with E-state index in [2.05, 4.69) is 0 Å². The summed E-state index contributed by atoms with van der Waals surface area (Å²) in [4.78, 5) is 10.5. The zero-order valence-electron chi connectivity index (χ0n) is 9.97. The van der Waals surface area contributed by atoms with Crippen molar-refractivity contribution in [2.75, 3.05) is 14.2 Å². The van der Waals surface area contributed by atoms with Crippen LogP contribution in [0.3, 0.4) is 0 Å². The first kappa shape index (κ1) is 13.3. The largest absolute Gasteiger partial charge is 0.493 e. The van der Waals surface area contributed by atoms with E-state index in [-0.39, 0.29) is 6.42 Å². The third-order valence-electron chi connectivity index (χ3n) is 2.38. The molecule has 0 spiro atoms. The summed E-state index contributed by atoms with van der Waals surface area (Å²) in [5.74, 6) is 0.369. The van der Waals surface area contributed by atoms with Crippen LogP contribution in [0.5, 0.6) is 11.5 Å². The second-order valence-electron chi connectivity index (χ2n) is 3.75. The fraction of sp³-hybridized carbons (Fsp3) is 0.417. The number of hydrogen-bond acceptors (Lipinski definition) is 4. The fourth-order valence-electron chi connectivity index (χ4n) is 1.61. The molecule has 0 aromatic heterocycles. The van der Waals surface area contributed by atoms with Gasteiger partial charge < -0.3 is 20.3 Å². The summed E-state index contributed by atoms with van der Waals surface area (Å²) in [7, 11) is 3.12. The molecule has 1 atom stereocenters. The third kappa shape index (κ3) is 3.96. The number of hydrogen-bond donors (Lipinski definition) is 2. The first-order valence-electron chi connectivity index (χ1n) is 5.25. The minimum atomic E-state index is -0.891. The van der Waals surface area contributed by atoms with Gasteiger partial charge in [0.05, 0.1) is 20.6 Å². The molecule has 17 heavy (non-hydrogen) atoms. The number of benzene rings is 1. The standard InChI is InChI=1S/C12H17NO4/c1-16-10-4-3-8(6-11(10)17-2)5-9(13)7-12(14)15/h3-4,6,9H,5,7,13H2,1-2H3,(H,14,15). The molecule has 5 heteroatoms. The molecule has 5 nitrogen and oxygen atoms in total. The summed E-state index contributed by atoms with van der Waals surface area (Å²) in [6, 6.07) is 5.04. The maximum absolute atomic E-state index is 10.5. The molecule has 1 rings (SSSR count). The minimum Gasteiger partial charge on any atom is -0.493 e. The van der Waals surface area contributed by atoms with E-state index >= 15 is 0 Å². The normalized spacial score (nSPS) is 11.9. The Balaban J connectivity index is 2.75. The number of rotatable bonds is 6. The Bertz CT molecular complexity index is 392. The van der Waals surface area contributed by atoms with Crippen LogP contribution in [0.2, 0.25) is 0 Å². The van der Waals surface area contributed by atoms with Crippen LogP contribution in [0.25, 0.3) is 0 Å². The Kier molecular flexibility index (Phi) is 4.78. The predicted octanol–water partition coefficient (Wildman–Crippen LogP) is 1.05. The van der Waals surface area contributed by atoms with Gasteiger partial charge in [0.1, 0.15) is 0 Å². The van der Waals surface area contributed by atoms with Crippen molar-refractivity contribution in [3.05, 3.63) is 23.8 Å². The number of carboxylic acid groups (broad SMARTS) is 1. The van der Waals surface area contributed by atoms with Crippen LogP contribution >= 0.6 is 0 Å². The van der Waals surface area contributed by atoms with Gasteiger partial charge in [-0.25, -0.2) is 0 Å². The van der Waals surface area contributed by atoms with Gasteiger partial charge in [0.25, 0.3) is 0 Å². The Morgan fingerprint density at radius 2 is 2.00 bits per heavy atom. The number of aliphatic carboxylic acids is 1. The van der Waals surface area contributed by atoms with Gasteiger partial charge in [-0.15, -0.1) is 0 Å². The van der Waals surface area contributed by atoms with Crippen molar-refractivity contribution in [3.63, 3.8) is 0 Å². The molecule has 0 saturated carbocycles. The molecule has 0 heterocycles. The first-order valence-corrected chi connectivity index (χ1v) is 5.25. The molecule has 0 aliphatic heterocycles. The topological polar surface area (TPSA) is 81.8 Å². The van der Waals surface area contributed by atoms with Gasteiger partial charge in [-0.05, 0) is 24.1 Å². The Morgan fingerprint density at radius 3 is 2.53 bits per heavy atom. The van der Waals surface area contributed by atoms with Crippen molar-refractivity contribution in [2.45, 2.75) is 18.9 Å². The molecule has 0 radical (unpaired) electrons. The van der Waals surface area contributed by atoms with E-state index in [0.29, 0.717) is 17.9 Å². The zero-order valence-corrected chi connectivity index (χ0v) is 9.97. The van der Waals surface area contributed by atoms with E-state index in [4.69, 9.17) is 20.3 Å². The van der Waals surface area contributed by atoms with Gasteiger partial charge in [-0.1, -0.05) is 6.07 Å². The lowest BCUT2D eigenvalue weighted by Gasteiger charge is -2.12. The average Bonchev–Trinajstić information content (AvgIpc) is 2.27. The summed E-state index contributed by atoms with van der Waals surface area (Å²) in [5, 5.41) is 8.62. The third-order valence-corrected chi connectivity index (χ3v) is 2.38. The molecular weight excluding hydrogens is 222 g/mol. The summed E-state index contributed by atoms with van der Waals surface area (Å²) in [6.45, 7) is 0. The summed E-state index contributed by atoms with van der Waals surface area (Å²) >= 11 is 0. The van der Waals surface area contributed by atoms with Gasteiger partial charge in [-0.3, -0.25) is 4.79 Å². The van der Waals surface area contributed by atoms with Gasteiger partial charge >= 0.3 is 5.97 Å². The van der Waals surface area contributed by atoms with Gasteiger partial charge in [0, 0.05) is 6.04 Å². The molecule has 0 fully saturated rings. The summed E-state index contributed by atoms with van der Waals surface area (Å²) < 4.78 is 10.3. The molecule has 0 aliphatic rings. The summed E-state index contributed by atoms with van der Waals surface area (Å²) in [6.07, 6.45) is 0.445. The number of methoxy groups -OCH3 is 2. The van der Waals surface area contributed by atoms with E-state index in [9.17, 15) is 4.79 Å². The molecule has 0 amide bonds. The van der Waals surface area contributed by atoms with Crippen LogP contribution in [0.4, 0.5) is 0 Å². The Morgan fingerprint density at radius 1 is 1.35 bits per heavy atom. The number of carboxylic acids is 1. The molecule has 1 aromatic carbocycles. The van der Waals surface area contributed by atoms with Crippen LogP contribution in [-0.2, 0) is 11.2 Å². The average molecular weight is 239 g/mol. The molecule has 94 valence electrons. The lowest BCUT2D eigenvalue weighted by molar-refractivity contribution is -0.137. The van der Waals surface area contributed by atoms with E-state index in [1.165, 1.54) is 0 Å². The van der Waals surface area contributed by atoms with Gasteiger partial charge in [-0.2, -0.15) is 0 Å². The molecule has 0 aliphatic carbocycles. The van der Waals surface area contributed by atoms with Crippen LogP contribution in [0.15, 0.2) is 18.2 Å². The van der Waals surface area contributed by atoms with E-state index in [0.717, 1.165) is 5.56 Å². The van der Waals surface area contributed by atoms with E-state index < -0.39 is 12.0 Å². The maximum atomic E-state index is 10.5. The highest BCUT2D eigenvalue weighted by Gasteiger charge is 2.11. The second-order valence-corrected chi connectivity index (χ2v) is 3.75. The van der Waals surface area contributed by atoms with Crippen LogP contribution in [0, 0.1) is 0 Å². The van der Waals surface area contributed by atoms with Crippen LogP contribution in [-0.4, -0.2) is 31.3 Å². The Hall–Kier alpha value is -1.75. The Labute approximate surface area is 100 Å². The number of carbonyl (C=O) groups is 1. The molecule has 0 saturated heterocycles. The van der Waals surface area contributed by atoms with E-state index in [1.54, 1.807) is 26.4 Å². The van der Waals surface area contributed by atoms with Crippen molar-refractivity contribution in [1.29, 1.82) is 0 Å². The predicted molar refractivity (Wildman–Crippen MR) is 63.5 cm³/mol. The molecular formula is C12H17NO4. The second kappa shape index (κ2) is 6.10. The number of ether oxygens (including phenoxy) is 2.